The van der Waals surface area contributed by atoms with Crippen molar-refractivity contribution < 1.29 is 28.9 Å². The van der Waals surface area contributed by atoms with Crippen LogP contribution in [0, 0.1) is 0 Å². The maximum atomic E-state index is 11.9. The van der Waals surface area contributed by atoms with Crippen molar-refractivity contribution in [3.05, 3.63) is 11.6 Å². The molecule has 0 saturated carbocycles. The minimum absolute atomic E-state index is 0.189. The summed E-state index contributed by atoms with van der Waals surface area (Å²) in [6.45, 7) is 7.08. The number of rotatable bonds is 3. The minimum Gasteiger partial charge on any atom is -0.463 e. The number of esters is 1. The molecule has 0 spiro atoms. The summed E-state index contributed by atoms with van der Waals surface area (Å²) in [6.07, 6.45) is -0.829. The van der Waals surface area contributed by atoms with Crippen LogP contribution in [0.3, 0.4) is 0 Å². The third-order valence-corrected chi connectivity index (χ3v) is 3.10. The van der Waals surface area contributed by atoms with Gasteiger partial charge in [0.1, 0.15) is 23.9 Å². The smallest absolute Gasteiger partial charge is 0.408 e. The maximum absolute atomic E-state index is 11.9. The van der Waals surface area contributed by atoms with E-state index in [1.165, 1.54) is 0 Å². The summed E-state index contributed by atoms with van der Waals surface area (Å²) in [4.78, 5) is 23.8. The number of nitrogens with one attached hydrogen (secondary N) is 1. The van der Waals surface area contributed by atoms with E-state index in [4.69, 9.17) is 14.2 Å². The second kappa shape index (κ2) is 5.65. The standard InChI is InChI=1S/C14H21NO6/c1-5-19-12(17)7-6-8-11(20-8)10(16)9(7)15-13(18)21-14(2,3)4/h6,8-11,16H,5H2,1-4H3,(H,15,18)/t8-,9+,10-,11-/m0/s1. The Morgan fingerprint density at radius 3 is 2.67 bits per heavy atom. The SMILES string of the molecule is CCOC(=O)C1=C[C@@H]2O[C@@H]2[C@@H](O)[C@@H]1NC(=O)OC(C)(C)C. The van der Waals surface area contributed by atoms with Crippen molar-refractivity contribution >= 4 is 12.1 Å². The molecule has 7 heteroatoms. The topological polar surface area (TPSA) is 97.4 Å². The molecule has 118 valence electrons. The molecule has 1 aliphatic heterocycles. The highest BCUT2D eigenvalue weighted by Gasteiger charge is 2.53. The summed E-state index contributed by atoms with van der Waals surface area (Å²) < 4.78 is 15.3. The quantitative estimate of drug-likeness (QED) is 0.582. The lowest BCUT2D eigenvalue weighted by Gasteiger charge is -2.28. The molecule has 7 nitrogen and oxygen atoms in total. The summed E-state index contributed by atoms with van der Waals surface area (Å²) in [7, 11) is 0. The van der Waals surface area contributed by atoms with Gasteiger partial charge in [-0.05, 0) is 33.8 Å². The summed E-state index contributed by atoms with van der Waals surface area (Å²) >= 11 is 0. The monoisotopic (exact) mass is 299 g/mol. The van der Waals surface area contributed by atoms with Crippen LogP contribution in [0.15, 0.2) is 11.6 Å². The molecule has 1 amide bonds. The molecule has 1 fully saturated rings. The largest absolute Gasteiger partial charge is 0.463 e. The van der Waals surface area contributed by atoms with Crippen LogP contribution in [0.2, 0.25) is 0 Å². The van der Waals surface area contributed by atoms with E-state index >= 15 is 0 Å². The number of epoxide rings is 1. The molecule has 0 aromatic heterocycles. The Morgan fingerprint density at radius 1 is 1.43 bits per heavy atom. The molecule has 0 radical (unpaired) electrons. The van der Waals surface area contributed by atoms with Crippen LogP contribution in [0.25, 0.3) is 0 Å². The van der Waals surface area contributed by atoms with E-state index in [1.54, 1.807) is 33.8 Å². The predicted octanol–water partition coefficient (Wildman–Crippen LogP) is 0.511. The van der Waals surface area contributed by atoms with E-state index in [2.05, 4.69) is 5.32 Å². The number of carbonyl (C=O) groups is 2. The highest BCUT2D eigenvalue weighted by atomic mass is 16.6. The Morgan fingerprint density at radius 2 is 2.10 bits per heavy atom. The van der Waals surface area contributed by atoms with Crippen LogP contribution in [-0.2, 0) is 19.0 Å². The Hall–Kier alpha value is -1.60. The lowest BCUT2D eigenvalue weighted by Crippen LogP contribution is -2.51. The van der Waals surface area contributed by atoms with Gasteiger partial charge < -0.3 is 24.6 Å². The van der Waals surface area contributed by atoms with Gasteiger partial charge >= 0.3 is 12.1 Å². The highest BCUT2D eigenvalue weighted by molar-refractivity contribution is 5.91. The Labute approximate surface area is 123 Å². The van der Waals surface area contributed by atoms with Crippen LogP contribution < -0.4 is 5.32 Å². The van der Waals surface area contributed by atoms with E-state index < -0.39 is 35.9 Å². The van der Waals surface area contributed by atoms with Gasteiger partial charge in [-0.1, -0.05) is 0 Å². The van der Waals surface area contributed by atoms with Gasteiger partial charge in [-0.15, -0.1) is 0 Å². The summed E-state index contributed by atoms with van der Waals surface area (Å²) in [6, 6.07) is -0.900. The first-order chi connectivity index (χ1) is 9.73. The summed E-state index contributed by atoms with van der Waals surface area (Å²) in [5, 5.41) is 12.7. The Balaban J connectivity index is 2.10. The van der Waals surface area contributed by atoms with Crippen molar-refractivity contribution in [1.29, 1.82) is 0 Å². The van der Waals surface area contributed by atoms with Gasteiger partial charge in [-0.3, -0.25) is 0 Å². The molecule has 4 atom stereocenters. The fraction of sp³-hybridized carbons (Fsp3) is 0.714. The molecule has 1 aliphatic carbocycles. The van der Waals surface area contributed by atoms with Crippen LogP contribution in [0.5, 0.6) is 0 Å². The van der Waals surface area contributed by atoms with Crippen LogP contribution >= 0.6 is 0 Å². The number of hydrogen-bond donors (Lipinski definition) is 2. The predicted molar refractivity (Wildman–Crippen MR) is 72.5 cm³/mol. The third kappa shape index (κ3) is 3.74. The third-order valence-electron chi connectivity index (χ3n) is 3.10. The molecule has 1 saturated heterocycles. The Kier molecular flexibility index (Phi) is 4.25. The van der Waals surface area contributed by atoms with E-state index in [-0.39, 0.29) is 18.3 Å². The molecule has 0 aromatic carbocycles. The first-order valence-corrected chi connectivity index (χ1v) is 6.95. The van der Waals surface area contributed by atoms with E-state index in [1.807, 2.05) is 0 Å². The second-order valence-corrected chi connectivity index (χ2v) is 6.02. The van der Waals surface area contributed by atoms with Crippen molar-refractivity contribution in [1.82, 2.24) is 5.32 Å². The van der Waals surface area contributed by atoms with Crippen molar-refractivity contribution in [3.63, 3.8) is 0 Å². The maximum Gasteiger partial charge on any atom is 0.408 e. The molecule has 0 unspecified atom stereocenters. The van der Waals surface area contributed by atoms with E-state index in [0.29, 0.717) is 0 Å². The second-order valence-electron chi connectivity index (χ2n) is 6.02. The van der Waals surface area contributed by atoms with Gasteiger partial charge in [0.15, 0.2) is 0 Å². The van der Waals surface area contributed by atoms with Crippen molar-refractivity contribution in [2.75, 3.05) is 6.61 Å². The van der Waals surface area contributed by atoms with Gasteiger partial charge in [-0.2, -0.15) is 0 Å². The minimum atomic E-state index is -1.01. The summed E-state index contributed by atoms with van der Waals surface area (Å²) in [5.74, 6) is -0.577. The number of amides is 1. The zero-order chi connectivity index (χ0) is 15.8. The van der Waals surface area contributed by atoms with Crippen molar-refractivity contribution in [3.8, 4) is 0 Å². The first kappa shape index (κ1) is 15.8. The number of aliphatic hydroxyl groups excluding tert-OH is 1. The van der Waals surface area contributed by atoms with Gasteiger partial charge in [0.05, 0.1) is 18.2 Å². The average molecular weight is 299 g/mol. The fourth-order valence-corrected chi connectivity index (χ4v) is 2.21. The lowest BCUT2D eigenvalue weighted by atomic mass is 9.91. The molecule has 2 N–H and O–H groups in total. The first-order valence-electron chi connectivity index (χ1n) is 6.95. The molecular formula is C14H21NO6. The molecule has 0 aromatic rings. The molecule has 0 bridgehead atoms. The van der Waals surface area contributed by atoms with Crippen molar-refractivity contribution in [2.45, 2.75) is 57.6 Å². The highest BCUT2D eigenvalue weighted by Crippen LogP contribution is 2.36. The molecule has 21 heavy (non-hydrogen) atoms. The van der Waals surface area contributed by atoms with Gasteiger partial charge in [-0.25, -0.2) is 9.59 Å². The van der Waals surface area contributed by atoms with Crippen molar-refractivity contribution in [2.24, 2.45) is 0 Å². The van der Waals surface area contributed by atoms with Gasteiger partial charge in [0.2, 0.25) is 0 Å². The fourth-order valence-electron chi connectivity index (χ4n) is 2.21. The van der Waals surface area contributed by atoms with Crippen LogP contribution in [0.1, 0.15) is 27.7 Å². The number of aliphatic hydroxyl groups is 1. The van der Waals surface area contributed by atoms with E-state index in [0.717, 1.165) is 0 Å². The van der Waals surface area contributed by atoms with Crippen LogP contribution in [0.4, 0.5) is 4.79 Å². The van der Waals surface area contributed by atoms with Crippen LogP contribution in [-0.4, -0.2) is 53.7 Å². The number of carbonyl (C=O) groups excluding carboxylic acids is 2. The van der Waals surface area contributed by atoms with E-state index in [9.17, 15) is 14.7 Å². The summed E-state index contributed by atoms with van der Waals surface area (Å²) in [5.41, 5.74) is -0.482. The molecule has 2 rings (SSSR count). The Bertz CT molecular complexity index is 467. The van der Waals surface area contributed by atoms with Gasteiger partial charge in [0.25, 0.3) is 0 Å². The van der Waals surface area contributed by atoms with Gasteiger partial charge in [0, 0.05) is 0 Å². The normalized spacial score (nSPS) is 30.8. The number of alkyl carbamates (subject to hydrolysis) is 1. The molecular weight excluding hydrogens is 278 g/mol. The molecule has 1 heterocycles. The average Bonchev–Trinajstić information content (AvgIpc) is 3.10. The number of fused-ring (bicyclic) bond motifs is 1. The number of hydrogen-bond acceptors (Lipinski definition) is 6. The number of ether oxygens (including phenoxy) is 3. The zero-order valence-electron chi connectivity index (χ0n) is 12.6. The lowest BCUT2D eigenvalue weighted by molar-refractivity contribution is -0.139. The molecule has 2 aliphatic rings. The zero-order valence-corrected chi connectivity index (χ0v) is 12.6.